The summed E-state index contributed by atoms with van der Waals surface area (Å²) < 4.78 is 23.1. The lowest BCUT2D eigenvalue weighted by Crippen LogP contribution is -2.22. The Morgan fingerprint density at radius 3 is 2.50 bits per heavy atom. The van der Waals surface area contributed by atoms with Gasteiger partial charge in [0.2, 0.25) is 0 Å². The molecule has 0 bridgehead atoms. The molecule has 0 fully saturated rings. The van der Waals surface area contributed by atoms with Gasteiger partial charge in [-0.3, -0.25) is 0 Å². The van der Waals surface area contributed by atoms with Gasteiger partial charge in [-0.25, -0.2) is 9.18 Å². The molecular formula is C14H15FO3. The lowest BCUT2D eigenvalue weighted by molar-refractivity contribution is -0.147. The molecule has 1 aromatic rings. The first-order valence-electron chi connectivity index (χ1n) is 5.40. The molecule has 0 amide bonds. The molecule has 0 aliphatic rings. The van der Waals surface area contributed by atoms with Crippen LogP contribution in [0.2, 0.25) is 0 Å². The van der Waals surface area contributed by atoms with Gasteiger partial charge >= 0.3 is 5.97 Å². The van der Waals surface area contributed by atoms with Gasteiger partial charge in [-0.1, -0.05) is 5.92 Å². The van der Waals surface area contributed by atoms with Gasteiger partial charge in [0.25, 0.3) is 0 Å². The topological polar surface area (TPSA) is 35.5 Å². The number of rotatable bonds is 1. The van der Waals surface area contributed by atoms with Crippen LogP contribution < -0.4 is 4.74 Å². The average molecular weight is 250 g/mol. The lowest BCUT2D eigenvalue weighted by atomic mass is 10.2. The summed E-state index contributed by atoms with van der Waals surface area (Å²) in [5.74, 6) is 3.82. The fraction of sp³-hybridized carbons (Fsp3) is 0.357. The second kappa shape index (κ2) is 5.54. The van der Waals surface area contributed by atoms with Crippen molar-refractivity contribution >= 4 is 5.97 Å². The summed E-state index contributed by atoms with van der Waals surface area (Å²) in [5.41, 5.74) is -0.198. The van der Waals surface area contributed by atoms with E-state index in [2.05, 4.69) is 11.8 Å². The number of halogens is 1. The highest BCUT2D eigenvalue weighted by molar-refractivity contribution is 5.89. The van der Waals surface area contributed by atoms with Crippen molar-refractivity contribution in [3.8, 4) is 17.6 Å². The molecule has 0 N–H and O–H groups in total. The van der Waals surface area contributed by atoms with Gasteiger partial charge in [-0.05, 0) is 39.0 Å². The van der Waals surface area contributed by atoms with Crippen LogP contribution in [0.4, 0.5) is 4.39 Å². The fourth-order valence-corrected chi connectivity index (χ4v) is 1.17. The Hall–Kier alpha value is -2.02. The molecule has 0 atom stereocenters. The Kier molecular flexibility index (Phi) is 4.33. The van der Waals surface area contributed by atoms with Crippen molar-refractivity contribution in [1.82, 2.24) is 0 Å². The Morgan fingerprint density at radius 2 is 2.00 bits per heavy atom. The molecule has 0 heterocycles. The van der Waals surface area contributed by atoms with Crippen molar-refractivity contribution in [3.63, 3.8) is 0 Å². The second-order valence-electron chi connectivity index (χ2n) is 4.60. The minimum atomic E-state index is -0.640. The van der Waals surface area contributed by atoms with Crippen LogP contribution in [0, 0.1) is 17.7 Å². The van der Waals surface area contributed by atoms with E-state index in [1.807, 2.05) is 0 Å². The molecule has 3 nitrogen and oxygen atoms in total. The smallest absolute Gasteiger partial charge is 0.385 e. The first-order chi connectivity index (χ1) is 8.31. The maximum absolute atomic E-state index is 13.3. The fourth-order valence-electron chi connectivity index (χ4n) is 1.17. The Balaban J connectivity index is 2.80. The number of hydrogen-bond acceptors (Lipinski definition) is 3. The highest BCUT2D eigenvalue weighted by Crippen LogP contribution is 2.17. The minimum absolute atomic E-state index is 0.137. The Bertz CT molecular complexity index is 504. The van der Waals surface area contributed by atoms with Crippen molar-refractivity contribution < 1.29 is 18.7 Å². The van der Waals surface area contributed by atoms with Crippen LogP contribution in [0.25, 0.3) is 0 Å². The van der Waals surface area contributed by atoms with Crippen LogP contribution >= 0.6 is 0 Å². The third kappa shape index (κ3) is 4.46. The van der Waals surface area contributed by atoms with Crippen LogP contribution in [-0.4, -0.2) is 18.7 Å². The van der Waals surface area contributed by atoms with Gasteiger partial charge < -0.3 is 9.47 Å². The number of carbonyl (C=O) groups excluding carboxylic acids is 1. The number of esters is 1. The number of methoxy groups -OCH3 is 1. The van der Waals surface area contributed by atoms with Crippen LogP contribution in [0.1, 0.15) is 26.3 Å². The van der Waals surface area contributed by atoms with Gasteiger partial charge in [-0.2, -0.15) is 0 Å². The average Bonchev–Trinajstić information content (AvgIpc) is 2.24. The van der Waals surface area contributed by atoms with Gasteiger partial charge in [0, 0.05) is 11.5 Å². The van der Waals surface area contributed by atoms with Gasteiger partial charge in [-0.15, -0.1) is 0 Å². The van der Waals surface area contributed by atoms with Crippen molar-refractivity contribution in [2.45, 2.75) is 26.4 Å². The van der Waals surface area contributed by atoms with E-state index in [1.165, 1.54) is 19.2 Å². The van der Waals surface area contributed by atoms with Crippen molar-refractivity contribution in [2.24, 2.45) is 0 Å². The molecule has 0 unspecified atom stereocenters. The third-order valence-electron chi connectivity index (χ3n) is 1.86. The monoisotopic (exact) mass is 250 g/mol. The molecule has 4 heteroatoms. The molecule has 96 valence electrons. The maximum Gasteiger partial charge on any atom is 0.385 e. The Labute approximate surface area is 106 Å². The summed E-state index contributed by atoms with van der Waals surface area (Å²) in [7, 11) is 1.38. The lowest BCUT2D eigenvalue weighted by Gasteiger charge is -2.16. The molecule has 0 radical (unpaired) electrons. The molecule has 18 heavy (non-hydrogen) atoms. The summed E-state index contributed by atoms with van der Waals surface area (Å²) in [6, 6.07) is 4.23. The normalized spacial score (nSPS) is 10.3. The molecular weight excluding hydrogens is 235 g/mol. The van der Waals surface area contributed by atoms with E-state index in [4.69, 9.17) is 9.47 Å². The van der Waals surface area contributed by atoms with E-state index in [0.717, 1.165) is 0 Å². The highest BCUT2D eigenvalue weighted by atomic mass is 19.1. The molecule has 0 spiro atoms. The SMILES string of the molecule is COc1ccc(C#CC(=O)OC(C)(C)C)cc1F. The van der Waals surface area contributed by atoms with E-state index in [1.54, 1.807) is 26.8 Å². The number of hydrogen-bond donors (Lipinski definition) is 0. The Morgan fingerprint density at radius 1 is 1.33 bits per heavy atom. The van der Waals surface area contributed by atoms with Crippen LogP contribution in [0.5, 0.6) is 5.75 Å². The summed E-state index contributed by atoms with van der Waals surface area (Å²) in [5, 5.41) is 0. The zero-order valence-electron chi connectivity index (χ0n) is 10.8. The molecule has 0 aromatic heterocycles. The summed E-state index contributed by atoms with van der Waals surface area (Å²) >= 11 is 0. The molecule has 1 rings (SSSR count). The molecule has 0 aliphatic heterocycles. The van der Waals surface area contributed by atoms with Gasteiger partial charge in [0.05, 0.1) is 7.11 Å². The first-order valence-corrected chi connectivity index (χ1v) is 5.40. The molecule has 0 aliphatic carbocycles. The summed E-state index contributed by atoms with van der Waals surface area (Å²) in [6.45, 7) is 5.25. The predicted molar refractivity (Wildman–Crippen MR) is 65.7 cm³/mol. The second-order valence-corrected chi connectivity index (χ2v) is 4.60. The zero-order valence-corrected chi connectivity index (χ0v) is 10.8. The van der Waals surface area contributed by atoms with Crippen LogP contribution in [0.3, 0.4) is 0 Å². The van der Waals surface area contributed by atoms with Crippen molar-refractivity contribution in [1.29, 1.82) is 0 Å². The minimum Gasteiger partial charge on any atom is -0.494 e. The van der Waals surface area contributed by atoms with Gasteiger partial charge in [0.15, 0.2) is 11.6 Å². The quantitative estimate of drug-likeness (QED) is 0.567. The summed E-state index contributed by atoms with van der Waals surface area (Å²) in [4.78, 5) is 11.3. The van der Waals surface area contributed by atoms with Crippen LogP contribution in [-0.2, 0) is 9.53 Å². The number of benzene rings is 1. The zero-order chi connectivity index (χ0) is 13.8. The molecule has 0 saturated heterocycles. The first kappa shape index (κ1) is 14.0. The maximum atomic E-state index is 13.3. The van der Waals surface area contributed by atoms with Crippen molar-refractivity contribution in [2.75, 3.05) is 7.11 Å². The van der Waals surface area contributed by atoms with Gasteiger partial charge in [0.1, 0.15) is 5.60 Å². The van der Waals surface area contributed by atoms with Crippen molar-refractivity contribution in [3.05, 3.63) is 29.6 Å². The predicted octanol–water partition coefficient (Wildman–Crippen LogP) is 2.53. The van der Waals surface area contributed by atoms with E-state index < -0.39 is 17.4 Å². The number of ether oxygens (including phenoxy) is 2. The molecule has 0 saturated carbocycles. The summed E-state index contributed by atoms with van der Waals surface area (Å²) in [6.07, 6.45) is 0. The third-order valence-corrected chi connectivity index (χ3v) is 1.86. The van der Waals surface area contributed by atoms with Crippen LogP contribution in [0.15, 0.2) is 18.2 Å². The standard InChI is InChI=1S/C14H15FO3/c1-14(2,3)18-13(16)8-6-10-5-7-12(17-4)11(15)9-10/h5,7,9H,1-4H3. The van der Waals surface area contributed by atoms with E-state index >= 15 is 0 Å². The highest BCUT2D eigenvalue weighted by Gasteiger charge is 2.14. The van der Waals surface area contributed by atoms with E-state index in [9.17, 15) is 9.18 Å². The van der Waals surface area contributed by atoms with E-state index in [0.29, 0.717) is 5.56 Å². The molecule has 1 aromatic carbocycles. The largest absolute Gasteiger partial charge is 0.494 e. The number of carbonyl (C=O) groups is 1. The van der Waals surface area contributed by atoms with E-state index in [-0.39, 0.29) is 5.75 Å².